The number of anilines is 2. The molecule has 2 rings (SSSR count). The Bertz CT molecular complexity index is 721. The molecule has 0 aliphatic heterocycles. The van der Waals surface area contributed by atoms with Crippen LogP contribution in [0, 0.1) is 13.8 Å². The molecule has 0 aliphatic carbocycles. The quantitative estimate of drug-likeness (QED) is 0.645. The van der Waals surface area contributed by atoms with Gasteiger partial charge in [-0.25, -0.2) is 14.8 Å². The molecule has 23 heavy (non-hydrogen) atoms. The van der Waals surface area contributed by atoms with Crippen LogP contribution in [0.1, 0.15) is 29.9 Å². The van der Waals surface area contributed by atoms with Gasteiger partial charge in [0.25, 0.3) is 0 Å². The highest BCUT2D eigenvalue weighted by Crippen LogP contribution is 2.24. The topological polar surface area (TPSA) is 90.1 Å². The molecular weight excluding hydrogens is 316 g/mol. The lowest BCUT2D eigenvalue weighted by molar-refractivity contribution is -0.145. The summed E-state index contributed by atoms with van der Waals surface area (Å²) in [5.74, 6) is -0.00958. The van der Waals surface area contributed by atoms with Crippen molar-refractivity contribution in [1.29, 1.82) is 0 Å². The number of esters is 1. The number of halogens is 1. The van der Waals surface area contributed by atoms with E-state index in [4.69, 9.17) is 22.1 Å². The van der Waals surface area contributed by atoms with Gasteiger partial charge in [0.1, 0.15) is 11.0 Å². The molecule has 1 unspecified atom stereocenters. The number of nitrogens with zero attached hydrogens (tertiary/aromatic N) is 2. The maximum absolute atomic E-state index is 11.7. The first-order valence-corrected chi connectivity index (χ1v) is 7.60. The summed E-state index contributed by atoms with van der Waals surface area (Å²) in [5, 5.41) is 3.37. The van der Waals surface area contributed by atoms with Gasteiger partial charge >= 0.3 is 5.97 Å². The Labute approximate surface area is 140 Å². The van der Waals surface area contributed by atoms with Crippen molar-refractivity contribution in [1.82, 2.24) is 9.97 Å². The zero-order valence-electron chi connectivity index (χ0n) is 13.3. The molecule has 0 aliphatic rings. The van der Waals surface area contributed by atoms with Crippen molar-refractivity contribution >= 4 is 29.1 Å². The third-order valence-electron chi connectivity index (χ3n) is 3.40. The van der Waals surface area contributed by atoms with Crippen molar-refractivity contribution in [2.45, 2.75) is 26.8 Å². The van der Waals surface area contributed by atoms with Gasteiger partial charge < -0.3 is 15.8 Å². The smallest absolute Gasteiger partial charge is 0.330 e. The molecule has 2 aromatic rings. The fourth-order valence-electron chi connectivity index (χ4n) is 2.00. The highest BCUT2D eigenvalue weighted by atomic mass is 35.5. The second kappa shape index (κ2) is 7.39. The third-order valence-corrected chi connectivity index (χ3v) is 3.59. The molecule has 0 saturated carbocycles. The lowest BCUT2D eigenvalue weighted by Gasteiger charge is -2.14. The minimum atomic E-state index is -1.08. The molecule has 0 bridgehead atoms. The van der Waals surface area contributed by atoms with E-state index >= 15 is 0 Å². The molecule has 1 atom stereocenters. The van der Waals surface area contributed by atoms with E-state index in [0.717, 1.165) is 16.8 Å². The van der Waals surface area contributed by atoms with Crippen LogP contribution >= 0.6 is 11.6 Å². The van der Waals surface area contributed by atoms with E-state index in [2.05, 4.69) is 15.3 Å². The molecule has 7 heteroatoms. The van der Waals surface area contributed by atoms with Gasteiger partial charge in [-0.2, -0.15) is 0 Å². The fraction of sp³-hybridized carbons (Fsp3) is 0.312. The van der Waals surface area contributed by atoms with Crippen molar-refractivity contribution in [2.24, 2.45) is 5.73 Å². The van der Waals surface area contributed by atoms with Crippen LogP contribution in [0.3, 0.4) is 0 Å². The standard InChI is InChI=1S/C16H19ClN4O2/c1-4-23-16(22)14(18)15-20-12(17)8-13(21-15)19-11-7-5-6-9(2)10(11)3/h5-8,14H,4,18H2,1-3H3,(H,19,20,21). The molecule has 3 N–H and O–H groups in total. The Morgan fingerprint density at radius 2 is 2.13 bits per heavy atom. The van der Waals surface area contributed by atoms with Gasteiger partial charge in [0.2, 0.25) is 0 Å². The minimum absolute atomic E-state index is 0.115. The Morgan fingerprint density at radius 1 is 1.39 bits per heavy atom. The summed E-state index contributed by atoms with van der Waals surface area (Å²) >= 11 is 6.01. The van der Waals surface area contributed by atoms with Gasteiger partial charge in [-0.05, 0) is 38.0 Å². The summed E-state index contributed by atoms with van der Waals surface area (Å²) < 4.78 is 4.88. The van der Waals surface area contributed by atoms with E-state index in [0.29, 0.717) is 5.82 Å². The summed E-state index contributed by atoms with van der Waals surface area (Å²) in [6.07, 6.45) is 0. The second-order valence-electron chi connectivity index (χ2n) is 5.04. The molecule has 0 radical (unpaired) electrons. The van der Waals surface area contributed by atoms with Gasteiger partial charge in [-0.15, -0.1) is 0 Å². The van der Waals surface area contributed by atoms with Crippen molar-refractivity contribution in [3.8, 4) is 0 Å². The van der Waals surface area contributed by atoms with Crippen LogP contribution in [0.5, 0.6) is 0 Å². The monoisotopic (exact) mass is 334 g/mol. The van der Waals surface area contributed by atoms with Crippen molar-refractivity contribution < 1.29 is 9.53 Å². The van der Waals surface area contributed by atoms with Crippen LogP contribution in [0.4, 0.5) is 11.5 Å². The lowest BCUT2D eigenvalue weighted by Crippen LogP contribution is -2.26. The lowest BCUT2D eigenvalue weighted by atomic mass is 10.1. The van der Waals surface area contributed by atoms with Crippen LogP contribution in [0.15, 0.2) is 24.3 Å². The molecule has 1 aromatic carbocycles. The molecule has 1 aromatic heterocycles. The van der Waals surface area contributed by atoms with Crippen LogP contribution in [0.25, 0.3) is 0 Å². The minimum Gasteiger partial charge on any atom is -0.464 e. The molecule has 122 valence electrons. The van der Waals surface area contributed by atoms with Crippen molar-refractivity contribution in [3.05, 3.63) is 46.4 Å². The number of aromatic nitrogens is 2. The molecule has 6 nitrogen and oxygen atoms in total. The first-order valence-electron chi connectivity index (χ1n) is 7.22. The van der Waals surface area contributed by atoms with Crippen molar-refractivity contribution in [2.75, 3.05) is 11.9 Å². The summed E-state index contributed by atoms with van der Waals surface area (Å²) in [6.45, 7) is 5.97. The highest BCUT2D eigenvalue weighted by Gasteiger charge is 2.21. The number of nitrogens with one attached hydrogen (secondary N) is 1. The predicted molar refractivity (Wildman–Crippen MR) is 89.8 cm³/mol. The zero-order chi connectivity index (χ0) is 17.0. The molecular formula is C16H19ClN4O2. The van der Waals surface area contributed by atoms with Gasteiger partial charge in [-0.3, -0.25) is 0 Å². The van der Waals surface area contributed by atoms with E-state index in [1.807, 2.05) is 32.0 Å². The molecule has 0 amide bonds. The molecule has 0 fully saturated rings. The Morgan fingerprint density at radius 3 is 2.83 bits per heavy atom. The maximum atomic E-state index is 11.7. The average molecular weight is 335 g/mol. The Hall–Kier alpha value is -2.18. The summed E-state index contributed by atoms with van der Waals surface area (Å²) in [5.41, 5.74) is 8.97. The number of carbonyl (C=O) groups is 1. The Balaban J connectivity index is 2.30. The average Bonchev–Trinajstić information content (AvgIpc) is 2.51. The Kier molecular flexibility index (Phi) is 5.52. The summed E-state index contributed by atoms with van der Waals surface area (Å²) in [4.78, 5) is 20.0. The van der Waals surface area contributed by atoms with Crippen molar-refractivity contribution in [3.63, 3.8) is 0 Å². The predicted octanol–water partition coefficient (Wildman–Crippen LogP) is 3.05. The zero-order valence-corrected chi connectivity index (χ0v) is 14.0. The number of ether oxygens (including phenoxy) is 1. The number of hydrogen-bond acceptors (Lipinski definition) is 6. The molecule has 0 spiro atoms. The normalized spacial score (nSPS) is 11.9. The number of aryl methyl sites for hydroxylation is 1. The first-order chi connectivity index (χ1) is 10.9. The van der Waals surface area contributed by atoms with Crippen LogP contribution < -0.4 is 11.1 Å². The van der Waals surface area contributed by atoms with E-state index in [-0.39, 0.29) is 17.6 Å². The summed E-state index contributed by atoms with van der Waals surface area (Å²) in [6, 6.07) is 6.40. The van der Waals surface area contributed by atoms with Gasteiger partial charge in [0, 0.05) is 11.8 Å². The molecule has 0 saturated heterocycles. The van der Waals surface area contributed by atoms with Crippen LogP contribution in [-0.2, 0) is 9.53 Å². The highest BCUT2D eigenvalue weighted by molar-refractivity contribution is 6.29. The van der Waals surface area contributed by atoms with E-state index in [1.54, 1.807) is 13.0 Å². The van der Waals surface area contributed by atoms with E-state index in [9.17, 15) is 4.79 Å². The SMILES string of the molecule is CCOC(=O)C(N)c1nc(Cl)cc(Nc2cccc(C)c2C)n1. The number of carbonyl (C=O) groups excluding carboxylic acids is 1. The third kappa shape index (κ3) is 4.18. The van der Waals surface area contributed by atoms with E-state index < -0.39 is 12.0 Å². The fourth-order valence-corrected chi connectivity index (χ4v) is 2.19. The number of rotatable bonds is 5. The molecule has 1 heterocycles. The number of hydrogen-bond donors (Lipinski definition) is 2. The van der Waals surface area contributed by atoms with Crippen LogP contribution in [0.2, 0.25) is 5.15 Å². The maximum Gasteiger partial charge on any atom is 0.330 e. The number of benzene rings is 1. The van der Waals surface area contributed by atoms with Gasteiger partial charge in [-0.1, -0.05) is 23.7 Å². The largest absolute Gasteiger partial charge is 0.464 e. The second-order valence-corrected chi connectivity index (χ2v) is 5.42. The number of nitrogens with two attached hydrogens (primary N) is 1. The summed E-state index contributed by atoms with van der Waals surface area (Å²) in [7, 11) is 0. The van der Waals surface area contributed by atoms with Gasteiger partial charge in [0.05, 0.1) is 6.61 Å². The first kappa shape index (κ1) is 17.2. The van der Waals surface area contributed by atoms with Crippen LogP contribution in [-0.4, -0.2) is 22.5 Å². The van der Waals surface area contributed by atoms with Gasteiger partial charge in [0.15, 0.2) is 11.9 Å². The van der Waals surface area contributed by atoms with E-state index in [1.165, 1.54) is 0 Å².